The van der Waals surface area contributed by atoms with Gasteiger partial charge in [0.05, 0.1) is 7.11 Å². The van der Waals surface area contributed by atoms with Gasteiger partial charge in [0.25, 0.3) is 0 Å². The van der Waals surface area contributed by atoms with Crippen LogP contribution in [-0.4, -0.2) is 12.9 Å². The summed E-state index contributed by atoms with van der Waals surface area (Å²) in [6, 6.07) is 90.0. The molecular weight excluding hydrogens is 945 g/mol. The van der Waals surface area contributed by atoms with Gasteiger partial charge in [-0.2, -0.15) is 0 Å². The molecule has 0 aliphatic heterocycles. The first-order chi connectivity index (χ1) is 37.8. The molecule has 0 saturated carbocycles. The van der Waals surface area contributed by atoms with Crippen LogP contribution >= 0.6 is 0 Å². The van der Waals surface area contributed by atoms with Crippen LogP contribution in [0.5, 0.6) is 17.2 Å². The molecule has 0 bridgehead atoms. The number of allylic oxidation sites excluding steroid dienone is 4. The third-order valence-electron chi connectivity index (χ3n) is 13.2. The highest BCUT2D eigenvalue weighted by molar-refractivity contribution is 6.09. The summed E-state index contributed by atoms with van der Waals surface area (Å²) < 4.78 is 12.0. The number of hydrogen-bond donors (Lipinski definition) is 0. The van der Waals surface area contributed by atoms with Crippen LogP contribution in [-0.2, 0) is 0 Å². The Kier molecular flexibility index (Phi) is 15.6. The maximum absolute atomic E-state index is 13.2. The number of para-hydroxylation sites is 4. The maximum atomic E-state index is 13.2. The number of benzene rings is 10. The summed E-state index contributed by atoms with van der Waals surface area (Å²) in [5.41, 5.74) is 14.3. The molecule has 0 saturated heterocycles. The fourth-order valence-corrected chi connectivity index (χ4v) is 9.30. The van der Waals surface area contributed by atoms with Crippen molar-refractivity contribution in [3.63, 3.8) is 0 Å². The molecule has 0 spiro atoms. The van der Waals surface area contributed by atoms with Gasteiger partial charge in [-0.3, -0.25) is 4.79 Å². The van der Waals surface area contributed by atoms with E-state index < -0.39 is 0 Å². The normalized spacial score (nSPS) is 11.3. The summed E-state index contributed by atoms with van der Waals surface area (Å²) in [5, 5.41) is 0. The highest BCUT2D eigenvalue weighted by Gasteiger charge is 2.19. The number of nitrogens with zero attached hydrogens (tertiary/aromatic N) is 4. The van der Waals surface area contributed by atoms with Crippen LogP contribution < -0.4 is 29.1 Å². The fraction of sp³-hybridized carbons (Fsp3) is 0.0429. The van der Waals surface area contributed by atoms with E-state index in [9.17, 15) is 4.79 Å². The van der Waals surface area contributed by atoms with Crippen LogP contribution in [0, 0.1) is 6.92 Å². The number of anilines is 10. The smallest absolute Gasteiger partial charge is 0.193 e. The predicted molar refractivity (Wildman–Crippen MR) is 319 cm³/mol. The van der Waals surface area contributed by atoms with Gasteiger partial charge in [0.1, 0.15) is 17.2 Å². The lowest BCUT2D eigenvalue weighted by atomic mass is 10.0. The number of methoxy groups -OCH3 is 1. The van der Waals surface area contributed by atoms with Crippen molar-refractivity contribution in [3.8, 4) is 17.2 Å². The van der Waals surface area contributed by atoms with Gasteiger partial charge in [-0.15, -0.1) is 0 Å². The summed E-state index contributed by atoms with van der Waals surface area (Å²) in [6.45, 7) is 8.40. The molecule has 77 heavy (non-hydrogen) atoms. The molecule has 0 aliphatic rings. The molecule has 0 heterocycles. The highest BCUT2D eigenvalue weighted by atomic mass is 16.5. The van der Waals surface area contributed by atoms with Crippen molar-refractivity contribution in [2.45, 2.75) is 13.8 Å². The molecule has 10 rings (SSSR count). The number of aryl methyl sites for hydroxylation is 1. The van der Waals surface area contributed by atoms with Gasteiger partial charge in [-0.05, 0) is 202 Å². The van der Waals surface area contributed by atoms with Gasteiger partial charge in [-0.1, -0.05) is 109 Å². The average Bonchev–Trinajstić information content (AvgIpc) is 3.49. The van der Waals surface area contributed by atoms with Crippen LogP contribution in [0.15, 0.2) is 303 Å². The molecule has 376 valence electrons. The van der Waals surface area contributed by atoms with Gasteiger partial charge >= 0.3 is 0 Å². The summed E-state index contributed by atoms with van der Waals surface area (Å²) in [7, 11) is 1.69. The second-order valence-corrected chi connectivity index (χ2v) is 18.3. The third kappa shape index (κ3) is 11.8. The molecular formula is C70H58N4O3. The minimum absolute atomic E-state index is 0.0300. The van der Waals surface area contributed by atoms with Crippen LogP contribution in [0.2, 0.25) is 0 Å². The van der Waals surface area contributed by atoms with E-state index in [-0.39, 0.29) is 5.78 Å². The molecule has 0 radical (unpaired) electrons. The third-order valence-corrected chi connectivity index (χ3v) is 13.2. The quantitative estimate of drug-likeness (QED) is 0.0591. The second kappa shape index (κ2) is 23.8. The Labute approximate surface area is 452 Å². The molecule has 0 N–H and O–H groups in total. The monoisotopic (exact) mass is 1000 g/mol. The number of rotatable bonds is 19. The summed E-state index contributed by atoms with van der Waals surface area (Å²) in [5.74, 6) is 2.04. The molecule has 0 fully saturated rings. The Bertz CT molecular complexity index is 3510. The van der Waals surface area contributed by atoms with Crippen molar-refractivity contribution in [1.29, 1.82) is 0 Å². The van der Waals surface area contributed by atoms with E-state index in [1.807, 2.05) is 134 Å². The van der Waals surface area contributed by atoms with Crippen LogP contribution in [0.1, 0.15) is 28.4 Å². The van der Waals surface area contributed by atoms with E-state index in [1.54, 1.807) is 7.11 Å². The lowest BCUT2D eigenvalue weighted by Gasteiger charge is -2.30. The van der Waals surface area contributed by atoms with Crippen LogP contribution in [0.3, 0.4) is 0 Å². The van der Waals surface area contributed by atoms with Gasteiger partial charge in [0, 0.05) is 79.4 Å². The SMILES string of the molecule is C=C/C(=C\C=C(/C)N(c1ccc(Oc2ccc(C(=O)c3ccc(C)cc3)cc2)cc1)c1ccc(N(c2ccc(OC)cc2)c2ccc(N(c3ccccc3)c3ccccc3)cc2)cc1)N(c1ccccc1)c1ccccc1. The van der Waals surface area contributed by atoms with Crippen molar-refractivity contribution < 1.29 is 14.3 Å². The number of carbonyl (C=O) groups excluding carboxylic acids is 1. The zero-order valence-electron chi connectivity index (χ0n) is 43.4. The Balaban J connectivity index is 0.999. The number of ketones is 1. The lowest BCUT2D eigenvalue weighted by Crippen LogP contribution is -2.16. The minimum Gasteiger partial charge on any atom is -0.497 e. The number of carbonyl (C=O) groups is 1. The zero-order chi connectivity index (χ0) is 52.9. The topological polar surface area (TPSA) is 48.5 Å². The first-order valence-electron chi connectivity index (χ1n) is 25.6. The number of ether oxygens (including phenoxy) is 2. The zero-order valence-corrected chi connectivity index (χ0v) is 43.4. The number of hydrogen-bond acceptors (Lipinski definition) is 7. The Morgan fingerprint density at radius 1 is 0.377 bits per heavy atom. The predicted octanol–water partition coefficient (Wildman–Crippen LogP) is 18.9. The van der Waals surface area contributed by atoms with Gasteiger partial charge in [0.2, 0.25) is 0 Å². The van der Waals surface area contributed by atoms with Crippen molar-refractivity contribution >= 4 is 62.7 Å². The molecule has 0 amide bonds. The standard InChI is InChI=1S/C70H58N4O3/c1-5-56(72(57-18-10-6-11-19-57)58-20-12-7-13-21-58)33-28-53(3)71(62-44-50-69(51-45-62)77-68-46-31-55(32-47-68)70(75)54-29-26-52(2)27-30-54)61-34-36-64(37-35-61)74(66-42-48-67(76-4)49-43-66)65-40-38-63(39-41-65)73(59-22-14-8-15-23-59)60-24-16-9-17-25-60/h5-51H,1H2,2-4H3/b53-28+,56-33+. The molecule has 7 heteroatoms. The van der Waals surface area contributed by atoms with Crippen molar-refractivity contribution in [2.24, 2.45) is 0 Å². The molecule has 10 aromatic rings. The van der Waals surface area contributed by atoms with Crippen molar-refractivity contribution in [2.75, 3.05) is 26.7 Å². The van der Waals surface area contributed by atoms with Gasteiger partial charge in [-0.25, -0.2) is 0 Å². The molecule has 0 aliphatic carbocycles. The summed E-state index contributed by atoms with van der Waals surface area (Å²) in [4.78, 5) is 22.2. The van der Waals surface area contributed by atoms with Gasteiger partial charge in [0.15, 0.2) is 5.78 Å². The summed E-state index contributed by atoms with van der Waals surface area (Å²) >= 11 is 0. The molecule has 10 aromatic carbocycles. The average molecular weight is 1000 g/mol. The van der Waals surface area contributed by atoms with E-state index in [0.717, 1.165) is 79.6 Å². The minimum atomic E-state index is -0.0300. The first-order valence-corrected chi connectivity index (χ1v) is 25.6. The van der Waals surface area contributed by atoms with Crippen LogP contribution in [0.4, 0.5) is 56.9 Å². The Morgan fingerprint density at radius 2 is 0.688 bits per heavy atom. The summed E-state index contributed by atoms with van der Waals surface area (Å²) in [6.07, 6.45) is 6.13. The fourth-order valence-electron chi connectivity index (χ4n) is 9.30. The van der Waals surface area contributed by atoms with E-state index in [4.69, 9.17) is 9.47 Å². The van der Waals surface area contributed by atoms with E-state index in [2.05, 4.69) is 191 Å². The van der Waals surface area contributed by atoms with Crippen molar-refractivity contribution in [1.82, 2.24) is 0 Å². The molecule has 0 atom stereocenters. The maximum Gasteiger partial charge on any atom is 0.193 e. The lowest BCUT2D eigenvalue weighted by molar-refractivity contribution is 0.103. The Morgan fingerprint density at radius 3 is 1.09 bits per heavy atom. The molecule has 0 unspecified atom stereocenters. The van der Waals surface area contributed by atoms with Crippen molar-refractivity contribution in [3.05, 3.63) is 320 Å². The van der Waals surface area contributed by atoms with Gasteiger partial charge < -0.3 is 29.1 Å². The second-order valence-electron chi connectivity index (χ2n) is 18.3. The molecule has 7 nitrogen and oxygen atoms in total. The van der Waals surface area contributed by atoms with Crippen LogP contribution in [0.25, 0.3) is 0 Å². The molecule has 0 aromatic heterocycles. The first kappa shape index (κ1) is 50.4. The van der Waals surface area contributed by atoms with E-state index >= 15 is 0 Å². The largest absolute Gasteiger partial charge is 0.497 e. The highest BCUT2D eigenvalue weighted by Crippen LogP contribution is 2.41. The van der Waals surface area contributed by atoms with E-state index in [1.165, 1.54) is 0 Å². The Hall–Kier alpha value is -10.1. The van der Waals surface area contributed by atoms with E-state index in [0.29, 0.717) is 22.6 Å².